The van der Waals surface area contributed by atoms with E-state index in [0.717, 1.165) is 122 Å². The van der Waals surface area contributed by atoms with Crippen LogP contribution in [0.25, 0.3) is 0 Å². The number of allylic oxidation sites excluding steroid dienone is 16. The fourth-order valence-corrected chi connectivity index (χ4v) is 7.48. The third-order valence-electron chi connectivity index (χ3n) is 11.6. The first-order chi connectivity index (χ1) is 33.0. The van der Waals surface area contributed by atoms with E-state index in [1.165, 1.54) is 89.9 Å². The normalized spacial score (nSPS) is 12.8. The van der Waals surface area contributed by atoms with Gasteiger partial charge >= 0.3 is 17.9 Å². The van der Waals surface area contributed by atoms with Crippen LogP contribution in [0.1, 0.15) is 252 Å². The number of hydrogen-bond donors (Lipinski definition) is 0. The van der Waals surface area contributed by atoms with Crippen LogP contribution < -0.4 is 0 Å². The van der Waals surface area contributed by atoms with Gasteiger partial charge in [0.25, 0.3) is 0 Å². The maximum atomic E-state index is 12.8. The zero-order valence-electron chi connectivity index (χ0n) is 43.6. The Morgan fingerprint density at radius 3 is 0.925 bits per heavy atom. The Bertz CT molecular complexity index is 1350. The number of ether oxygens (including phenoxy) is 3. The van der Waals surface area contributed by atoms with Crippen LogP contribution in [0.2, 0.25) is 0 Å². The van der Waals surface area contributed by atoms with Crippen LogP contribution >= 0.6 is 0 Å². The molecule has 67 heavy (non-hydrogen) atoms. The van der Waals surface area contributed by atoms with E-state index in [-0.39, 0.29) is 31.1 Å². The lowest BCUT2D eigenvalue weighted by Gasteiger charge is -2.18. The summed E-state index contributed by atoms with van der Waals surface area (Å²) < 4.78 is 16.8. The molecule has 0 fully saturated rings. The molecule has 0 aromatic carbocycles. The molecule has 0 aliphatic heterocycles. The van der Waals surface area contributed by atoms with Crippen LogP contribution in [0.4, 0.5) is 0 Å². The molecule has 0 bridgehead atoms. The average molecular weight is 931 g/mol. The molecule has 0 N–H and O–H groups in total. The maximum Gasteiger partial charge on any atom is 0.306 e. The van der Waals surface area contributed by atoms with Gasteiger partial charge in [0.15, 0.2) is 6.10 Å². The molecule has 0 aromatic rings. The van der Waals surface area contributed by atoms with E-state index >= 15 is 0 Å². The summed E-state index contributed by atoms with van der Waals surface area (Å²) in [5.41, 5.74) is 0. The Morgan fingerprint density at radius 2 is 0.582 bits per heavy atom. The van der Waals surface area contributed by atoms with Crippen LogP contribution in [-0.4, -0.2) is 37.2 Å². The molecule has 0 saturated carbocycles. The quantitative estimate of drug-likeness (QED) is 0.0262. The van der Waals surface area contributed by atoms with E-state index < -0.39 is 6.10 Å². The van der Waals surface area contributed by atoms with Gasteiger partial charge in [0.2, 0.25) is 0 Å². The Morgan fingerprint density at radius 1 is 0.313 bits per heavy atom. The third-order valence-corrected chi connectivity index (χ3v) is 11.6. The average Bonchev–Trinajstić information content (AvgIpc) is 3.33. The summed E-state index contributed by atoms with van der Waals surface area (Å²) in [4.78, 5) is 38.1. The molecule has 1 atom stereocenters. The van der Waals surface area contributed by atoms with Crippen molar-refractivity contribution in [2.45, 2.75) is 258 Å². The Balaban J connectivity index is 4.46. The largest absolute Gasteiger partial charge is 0.462 e. The summed E-state index contributed by atoms with van der Waals surface area (Å²) in [6.45, 7) is 6.38. The number of unbranched alkanes of at least 4 members (excludes halogenated alkanes) is 22. The molecule has 382 valence electrons. The number of carbonyl (C=O) groups excluding carboxylic acids is 3. The van der Waals surface area contributed by atoms with Gasteiger partial charge in [-0.15, -0.1) is 0 Å². The minimum Gasteiger partial charge on any atom is -0.462 e. The van der Waals surface area contributed by atoms with Crippen LogP contribution in [0.5, 0.6) is 0 Å². The lowest BCUT2D eigenvalue weighted by atomic mass is 10.0. The molecule has 1 unspecified atom stereocenters. The predicted octanol–water partition coefficient (Wildman–Crippen LogP) is 18.5. The second kappa shape index (κ2) is 54.9. The minimum atomic E-state index is -0.796. The summed E-state index contributed by atoms with van der Waals surface area (Å²) in [6, 6.07) is 0. The second-order valence-corrected chi connectivity index (χ2v) is 18.1. The zero-order valence-corrected chi connectivity index (χ0v) is 43.6. The molecular weight excluding hydrogens is 829 g/mol. The number of hydrogen-bond acceptors (Lipinski definition) is 6. The van der Waals surface area contributed by atoms with E-state index in [9.17, 15) is 14.4 Å². The second-order valence-electron chi connectivity index (χ2n) is 18.1. The highest BCUT2D eigenvalue weighted by Gasteiger charge is 2.19. The number of carbonyl (C=O) groups is 3. The van der Waals surface area contributed by atoms with Crippen molar-refractivity contribution in [3.05, 3.63) is 97.2 Å². The van der Waals surface area contributed by atoms with E-state index in [0.29, 0.717) is 19.3 Å². The van der Waals surface area contributed by atoms with Crippen LogP contribution in [0.3, 0.4) is 0 Å². The molecule has 0 spiro atoms. The summed E-state index contributed by atoms with van der Waals surface area (Å²) in [5, 5.41) is 0. The molecule has 0 saturated heterocycles. The van der Waals surface area contributed by atoms with Crippen molar-refractivity contribution in [3.63, 3.8) is 0 Å². The summed E-state index contributed by atoms with van der Waals surface area (Å²) in [7, 11) is 0. The lowest BCUT2D eigenvalue weighted by Crippen LogP contribution is -2.30. The Hall–Kier alpha value is -3.67. The molecule has 0 amide bonds. The first-order valence-corrected chi connectivity index (χ1v) is 27.7. The van der Waals surface area contributed by atoms with E-state index in [1.54, 1.807) is 0 Å². The van der Waals surface area contributed by atoms with Gasteiger partial charge in [-0.25, -0.2) is 0 Å². The van der Waals surface area contributed by atoms with Crippen molar-refractivity contribution in [2.24, 2.45) is 0 Å². The molecule has 0 rings (SSSR count). The van der Waals surface area contributed by atoms with Crippen LogP contribution in [0, 0.1) is 0 Å². The predicted molar refractivity (Wildman–Crippen MR) is 288 cm³/mol. The zero-order chi connectivity index (χ0) is 48.6. The third kappa shape index (κ3) is 53.2. The monoisotopic (exact) mass is 931 g/mol. The summed E-state index contributed by atoms with van der Waals surface area (Å²) >= 11 is 0. The summed E-state index contributed by atoms with van der Waals surface area (Å²) in [6.07, 6.45) is 72.5. The topological polar surface area (TPSA) is 78.9 Å². The van der Waals surface area contributed by atoms with E-state index in [2.05, 4.69) is 118 Å². The molecule has 6 nitrogen and oxygen atoms in total. The molecule has 6 heteroatoms. The van der Waals surface area contributed by atoms with E-state index in [4.69, 9.17) is 14.2 Å². The Kier molecular flexibility index (Phi) is 51.9. The van der Waals surface area contributed by atoms with Crippen molar-refractivity contribution in [1.82, 2.24) is 0 Å². The van der Waals surface area contributed by atoms with Gasteiger partial charge < -0.3 is 14.2 Å². The van der Waals surface area contributed by atoms with Gasteiger partial charge in [0.1, 0.15) is 13.2 Å². The van der Waals surface area contributed by atoms with Gasteiger partial charge in [-0.1, -0.05) is 234 Å². The SMILES string of the molecule is CC/C=C\C/C=C\C/C=C\C/C=C\C/C=C\CCCCCC(=O)OCC(COC(=O)CCCCCCCCCCCCCCC)OC(=O)CCCCCCCCC/C=C\C/C=C\C/C=C\CC. The smallest absolute Gasteiger partial charge is 0.306 e. The molecular formula is C61H102O6. The van der Waals surface area contributed by atoms with Crippen molar-refractivity contribution in [1.29, 1.82) is 0 Å². The van der Waals surface area contributed by atoms with Crippen molar-refractivity contribution in [2.75, 3.05) is 13.2 Å². The standard InChI is InChI=1S/C61H102O6/c1-4-7-10-13-16-19-22-25-27-29-30-32-33-36-39-42-45-48-51-54-60(63)66-57-58(56-65-59(62)53-50-47-44-41-38-35-24-21-18-15-12-9-6-3)67-61(64)55-52-49-46-43-40-37-34-31-28-26-23-20-17-14-11-8-5-2/h7-8,10-11,16-17,19-20,25-28,30,32,36,39,58H,4-6,9,12-15,18,21-24,29,31,33-35,37-38,40-57H2,1-3H3/b10-7-,11-8-,19-16-,20-17-,27-25-,28-26-,32-30-,39-36-. The van der Waals surface area contributed by atoms with Gasteiger partial charge in [0.05, 0.1) is 0 Å². The fraction of sp³-hybridized carbons (Fsp3) is 0.689. The van der Waals surface area contributed by atoms with Gasteiger partial charge in [-0.2, -0.15) is 0 Å². The lowest BCUT2D eigenvalue weighted by molar-refractivity contribution is -0.167. The maximum absolute atomic E-state index is 12.8. The molecule has 0 aliphatic carbocycles. The van der Waals surface area contributed by atoms with Crippen molar-refractivity contribution in [3.8, 4) is 0 Å². The minimum absolute atomic E-state index is 0.0912. The fourth-order valence-electron chi connectivity index (χ4n) is 7.48. The van der Waals surface area contributed by atoms with Crippen molar-refractivity contribution >= 4 is 17.9 Å². The van der Waals surface area contributed by atoms with Gasteiger partial charge in [-0.05, 0) is 96.3 Å². The first kappa shape index (κ1) is 63.3. The number of rotatable bonds is 49. The van der Waals surface area contributed by atoms with Gasteiger partial charge in [0, 0.05) is 19.3 Å². The first-order valence-electron chi connectivity index (χ1n) is 27.7. The molecule has 0 aromatic heterocycles. The summed E-state index contributed by atoms with van der Waals surface area (Å²) in [5.74, 6) is -0.932. The molecule has 0 heterocycles. The van der Waals surface area contributed by atoms with Crippen molar-refractivity contribution < 1.29 is 28.6 Å². The molecule has 0 aliphatic rings. The van der Waals surface area contributed by atoms with Gasteiger partial charge in [-0.3, -0.25) is 14.4 Å². The highest BCUT2D eigenvalue weighted by atomic mass is 16.6. The highest BCUT2D eigenvalue weighted by Crippen LogP contribution is 2.15. The van der Waals surface area contributed by atoms with E-state index in [1.807, 2.05) is 0 Å². The number of esters is 3. The molecule has 0 radical (unpaired) electrons. The van der Waals surface area contributed by atoms with Crippen LogP contribution in [-0.2, 0) is 28.6 Å². The highest BCUT2D eigenvalue weighted by molar-refractivity contribution is 5.71. The Labute approximate surface area is 413 Å². The van der Waals surface area contributed by atoms with Crippen LogP contribution in [0.15, 0.2) is 97.2 Å².